The number of rotatable bonds is 4. The molecule has 1 heterocycles. The predicted molar refractivity (Wildman–Crippen MR) is 66.0 cm³/mol. The van der Waals surface area contributed by atoms with E-state index in [0.717, 1.165) is 6.42 Å². The number of hydrogen-bond acceptors (Lipinski definition) is 2. The van der Waals surface area contributed by atoms with Gasteiger partial charge in [-0.2, -0.15) is 0 Å². The van der Waals surface area contributed by atoms with Crippen LogP contribution in [0.5, 0.6) is 0 Å². The van der Waals surface area contributed by atoms with Crippen LogP contribution in [-0.2, 0) is 0 Å². The average molecular weight is 261 g/mol. The maximum Gasteiger partial charge on any atom is 0.251 e. The third-order valence-electron chi connectivity index (χ3n) is 2.33. The maximum atomic E-state index is 11.7. The first-order valence-corrected chi connectivity index (χ1v) is 5.89. The molecule has 5 heteroatoms. The number of nitrogens with one attached hydrogen (secondary N) is 1. The molecule has 0 saturated heterocycles. The minimum Gasteiger partial charge on any atom is -0.352 e. The summed E-state index contributed by atoms with van der Waals surface area (Å²) in [5.74, 6) is 0.281. The Morgan fingerprint density at radius 1 is 1.44 bits per heavy atom. The first kappa shape index (κ1) is 13.3. The molecule has 1 rings (SSSR count). The lowest BCUT2D eigenvalue weighted by Crippen LogP contribution is -2.28. The Hall–Kier alpha value is -0.800. The van der Waals surface area contributed by atoms with Crippen LogP contribution in [0, 0.1) is 5.92 Å². The fourth-order valence-corrected chi connectivity index (χ4v) is 1.57. The Labute approximate surface area is 105 Å². The van der Waals surface area contributed by atoms with Gasteiger partial charge in [-0.05, 0) is 18.1 Å². The maximum absolute atomic E-state index is 11.7. The Kier molecular flexibility index (Phi) is 5.03. The van der Waals surface area contributed by atoms with Gasteiger partial charge >= 0.3 is 0 Å². The van der Waals surface area contributed by atoms with E-state index in [1.165, 1.54) is 12.1 Å². The first-order chi connectivity index (χ1) is 7.52. The molecule has 3 nitrogen and oxygen atoms in total. The smallest absolute Gasteiger partial charge is 0.251 e. The van der Waals surface area contributed by atoms with Gasteiger partial charge in [-0.15, -0.1) is 0 Å². The van der Waals surface area contributed by atoms with E-state index in [9.17, 15) is 4.79 Å². The zero-order valence-corrected chi connectivity index (χ0v) is 10.8. The van der Waals surface area contributed by atoms with E-state index >= 15 is 0 Å². The Balaban J connectivity index is 2.66. The number of hydrogen-bond donors (Lipinski definition) is 1. The van der Waals surface area contributed by atoms with Crippen molar-refractivity contribution in [3.05, 3.63) is 28.0 Å². The van der Waals surface area contributed by atoms with Crippen molar-refractivity contribution in [3.63, 3.8) is 0 Å². The summed E-state index contributed by atoms with van der Waals surface area (Å²) < 4.78 is 0. The quantitative estimate of drug-likeness (QED) is 0.846. The molecule has 88 valence electrons. The van der Waals surface area contributed by atoms with Crippen molar-refractivity contribution in [2.45, 2.75) is 20.3 Å². The molecule has 0 aliphatic heterocycles. The summed E-state index contributed by atoms with van der Waals surface area (Å²) in [5, 5.41) is 3.27. The molecule has 1 aromatic rings. The van der Waals surface area contributed by atoms with Crippen molar-refractivity contribution < 1.29 is 4.79 Å². The van der Waals surface area contributed by atoms with E-state index in [2.05, 4.69) is 24.1 Å². The topological polar surface area (TPSA) is 42.0 Å². The van der Waals surface area contributed by atoms with E-state index in [4.69, 9.17) is 23.2 Å². The van der Waals surface area contributed by atoms with Crippen LogP contribution in [0.1, 0.15) is 30.6 Å². The summed E-state index contributed by atoms with van der Waals surface area (Å²) >= 11 is 11.4. The monoisotopic (exact) mass is 260 g/mol. The highest BCUT2D eigenvalue weighted by Gasteiger charge is 2.09. The summed E-state index contributed by atoms with van der Waals surface area (Å²) in [4.78, 5) is 15.5. The molecule has 1 amide bonds. The van der Waals surface area contributed by atoms with Crippen LogP contribution in [0.15, 0.2) is 12.1 Å². The number of pyridine rings is 1. The SMILES string of the molecule is CCC(C)CNC(=O)c1cc(Cl)nc(Cl)c1. The van der Waals surface area contributed by atoms with Gasteiger partial charge in [0.15, 0.2) is 0 Å². The molecule has 0 saturated carbocycles. The van der Waals surface area contributed by atoms with Crippen molar-refractivity contribution in [3.8, 4) is 0 Å². The molecule has 1 N–H and O–H groups in total. The van der Waals surface area contributed by atoms with Gasteiger partial charge in [0.05, 0.1) is 0 Å². The minimum atomic E-state index is -0.175. The van der Waals surface area contributed by atoms with E-state index in [0.29, 0.717) is 18.0 Å². The Bertz CT molecular complexity index is 362. The van der Waals surface area contributed by atoms with E-state index in [1.807, 2.05) is 0 Å². The molecule has 16 heavy (non-hydrogen) atoms. The number of amides is 1. The van der Waals surface area contributed by atoms with E-state index < -0.39 is 0 Å². The van der Waals surface area contributed by atoms with Crippen LogP contribution < -0.4 is 5.32 Å². The second-order valence-electron chi connectivity index (χ2n) is 3.72. The summed E-state index contributed by atoms with van der Waals surface area (Å²) in [6.07, 6.45) is 1.03. The number of nitrogens with zero attached hydrogens (tertiary/aromatic N) is 1. The zero-order valence-electron chi connectivity index (χ0n) is 9.26. The Morgan fingerprint density at radius 3 is 2.50 bits per heavy atom. The molecule has 1 aromatic heterocycles. The van der Waals surface area contributed by atoms with Crippen molar-refractivity contribution in [1.29, 1.82) is 0 Å². The highest BCUT2D eigenvalue weighted by Crippen LogP contribution is 2.14. The normalized spacial score (nSPS) is 12.2. The van der Waals surface area contributed by atoms with Crippen LogP contribution in [0.2, 0.25) is 10.3 Å². The van der Waals surface area contributed by atoms with E-state index in [1.54, 1.807) is 0 Å². The van der Waals surface area contributed by atoms with Crippen LogP contribution in [-0.4, -0.2) is 17.4 Å². The molecule has 1 unspecified atom stereocenters. The number of aromatic nitrogens is 1. The molecule has 1 atom stereocenters. The van der Waals surface area contributed by atoms with Gasteiger partial charge in [-0.3, -0.25) is 4.79 Å². The van der Waals surface area contributed by atoms with Crippen molar-refractivity contribution in [2.75, 3.05) is 6.54 Å². The van der Waals surface area contributed by atoms with Gasteiger partial charge in [0, 0.05) is 12.1 Å². The lowest BCUT2D eigenvalue weighted by Gasteiger charge is -2.10. The van der Waals surface area contributed by atoms with Crippen molar-refractivity contribution >= 4 is 29.1 Å². The van der Waals surface area contributed by atoms with Crippen molar-refractivity contribution in [2.24, 2.45) is 5.92 Å². The summed E-state index contributed by atoms with van der Waals surface area (Å²) in [6.45, 7) is 4.80. The number of carbonyl (C=O) groups excluding carboxylic acids is 1. The highest BCUT2D eigenvalue weighted by molar-refractivity contribution is 6.33. The molecule has 0 aliphatic carbocycles. The molecule has 0 aliphatic rings. The third-order valence-corrected chi connectivity index (χ3v) is 2.72. The van der Waals surface area contributed by atoms with Crippen LogP contribution in [0.4, 0.5) is 0 Å². The van der Waals surface area contributed by atoms with Gasteiger partial charge in [-0.1, -0.05) is 43.5 Å². The first-order valence-electron chi connectivity index (χ1n) is 5.14. The molecule has 0 bridgehead atoms. The fraction of sp³-hybridized carbons (Fsp3) is 0.455. The summed E-state index contributed by atoms with van der Waals surface area (Å²) in [7, 11) is 0. The predicted octanol–water partition coefficient (Wildman–Crippen LogP) is 3.16. The summed E-state index contributed by atoms with van der Waals surface area (Å²) in [6, 6.07) is 3.00. The Morgan fingerprint density at radius 2 is 2.00 bits per heavy atom. The minimum absolute atomic E-state index is 0.175. The fourth-order valence-electron chi connectivity index (χ4n) is 1.11. The van der Waals surface area contributed by atoms with Gasteiger partial charge in [-0.25, -0.2) is 4.98 Å². The largest absolute Gasteiger partial charge is 0.352 e. The van der Waals surface area contributed by atoms with Gasteiger partial charge in [0.25, 0.3) is 5.91 Å². The molecule has 0 spiro atoms. The highest BCUT2D eigenvalue weighted by atomic mass is 35.5. The number of carbonyl (C=O) groups is 1. The molecule has 0 fully saturated rings. The van der Waals surface area contributed by atoms with Gasteiger partial charge in [0.2, 0.25) is 0 Å². The van der Waals surface area contributed by atoms with Crippen LogP contribution in [0.3, 0.4) is 0 Å². The van der Waals surface area contributed by atoms with Gasteiger partial charge < -0.3 is 5.32 Å². The van der Waals surface area contributed by atoms with Crippen molar-refractivity contribution in [1.82, 2.24) is 10.3 Å². The molecular formula is C11H14Cl2N2O. The lowest BCUT2D eigenvalue weighted by molar-refractivity contribution is 0.0947. The second-order valence-corrected chi connectivity index (χ2v) is 4.50. The average Bonchev–Trinajstić information content (AvgIpc) is 2.23. The standard InChI is InChI=1S/C11H14Cl2N2O/c1-3-7(2)6-14-11(16)8-4-9(12)15-10(13)5-8/h4-5,7H,3,6H2,1-2H3,(H,14,16). The third kappa shape index (κ3) is 3.99. The van der Waals surface area contributed by atoms with Crippen LogP contribution in [0.25, 0.3) is 0 Å². The summed E-state index contributed by atoms with van der Waals surface area (Å²) in [5.41, 5.74) is 0.438. The molecule has 0 radical (unpaired) electrons. The van der Waals surface area contributed by atoms with Crippen LogP contribution >= 0.6 is 23.2 Å². The molecular weight excluding hydrogens is 247 g/mol. The molecule has 0 aromatic carbocycles. The lowest BCUT2D eigenvalue weighted by atomic mass is 10.1. The van der Waals surface area contributed by atoms with E-state index in [-0.39, 0.29) is 16.2 Å². The van der Waals surface area contributed by atoms with Gasteiger partial charge in [0.1, 0.15) is 10.3 Å². The second kappa shape index (κ2) is 6.06. The zero-order chi connectivity index (χ0) is 12.1. The number of halogens is 2.